The Labute approximate surface area is 350 Å². The second-order valence-electron chi connectivity index (χ2n) is 17.5. The lowest BCUT2D eigenvalue weighted by Gasteiger charge is -2.54. The highest BCUT2D eigenvalue weighted by Gasteiger charge is 2.48. The lowest BCUT2D eigenvalue weighted by molar-refractivity contribution is -0.153. The van der Waals surface area contributed by atoms with Crippen LogP contribution in [0.15, 0.2) is 91.0 Å². The van der Waals surface area contributed by atoms with E-state index in [1.807, 2.05) is 115 Å². The van der Waals surface area contributed by atoms with Gasteiger partial charge in [0.25, 0.3) is 0 Å². The second-order valence-corrected chi connectivity index (χ2v) is 17.5. The fourth-order valence-corrected chi connectivity index (χ4v) is 8.68. The number of piperidine rings is 1. The molecule has 3 aromatic carbocycles. The predicted octanol–water partition coefficient (Wildman–Crippen LogP) is 4.63. The largest absolute Gasteiger partial charge is 0.346 e. The van der Waals surface area contributed by atoms with Gasteiger partial charge in [0.2, 0.25) is 17.7 Å². The summed E-state index contributed by atoms with van der Waals surface area (Å²) in [5.74, 6) is -2.02. The molecule has 11 nitrogen and oxygen atoms in total. The standard InChI is InChI=1S/C48H66N6O5/c1-34(2)26-42(52-45(57)39(27-35-14-6-3-7-15-35)31-43(55)40(50)28-36-16-8-4-9-17-36)44(56)30-38(20-12-13-23-49)46(58)53-24-21-48(22-25-53)32-54(33-48)47(59)41(51)29-37-18-10-5-11-19-37/h3-11,14-19,34,38-42H,12-13,20-33,49-51H2,1-2H3,(H,52,57)/t38-,39-,40+,41+,42+/m0/s1. The molecule has 2 saturated heterocycles. The molecule has 7 N–H and O–H groups in total. The van der Waals surface area contributed by atoms with Gasteiger partial charge in [-0.1, -0.05) is 111 Å². The zero-order chi connectivity index (χ0) is 42.4. The van der Waals surface area contributed by atoms with Gasteiger partial charge in [-0.3, -0.25) is 24.0 Å². The molecule has 0 aromatic heterocycles. The van der Waals surface area contributed by atoms with E-state index in [0.29, 0.717) is 71.2 Å². The van der Waals surface area contributed by atoms with Gasteiger partial charge in [-0.25, -0.2) is 0 Å². The summed E-state index contributed by atoms with van der Waals surface area (Å²) < 4.78 is 0. The summed E-state index contributed by atoms with van der Waals surface area (Å²) in [6.45, 7) is 6.90. The van der Waals surface area contributed by atoms with Gasteiger partial charge in [0, 0.05) is 56.3 Å². The number of carbonyl (C=O) groups is 5. The van der Waals surface area contributed by atoms with Crippen LogP contribution in [0.2, 0.25) is 0 Å². The Kier molecular flexibility index (Phi) is 17.0. The zero-order valence-corrected chi connectivity index (χ0v) is 35.1. The maximum Gasteiger partial charge on any atom is 0.239 e. The van der Waals surface area contributed by atoms with Crippen LogP contribution >= 0.6 is 0 Å². The third-order valence-electron chi connectivity index (χ3n) is 12.2. The first-order valence-electron chi connectivity index (χ1n) is 21.6. The number of hydrogen-bond acceptors (Lipinski definition) is 8. The number of ketones is 2. The van der Waals surface area contributed by atoms with E-state index in [1.165, 1.54) is 0 Å². The van der Waals surface area contributed by atoms with Gasteiger partial charge in [-0.05, 0) is 80.5 Å². The number of likely N-dealkylation sites (tertiary alicyclic amines) is 2. The number of benzene rings is 3. The molecule has 0 saturated carbocycles. The quantitative estimate of drug-likeness (QED) is 0.106. The molecule has 0 radical (unpaired) electrons. The highest BCUT2D eigenvalue weighted by Crippen LogP contribution is 2.41. The van der Waals surface area contributed by atoms with Crippen LogP contribution in [0.1, 0.15) is 81.9 Å². The molecule has 2 aliphatic rings. The van der Waals surface area contributed by atoms with Crippen LogP contribution in [0.4, 0.5) is 0 Å². The average Bonchev–Trinajstić information content (AvgIpc) is 3.22. The van der Waals surface area contributed by atoms with Crippen LogP contribution in [0.5, 0.6) is 0 Å². The number of carbonyl (C=O) groups excluding carboxylic acids is 5. The van der Waals surface area contributed by atoms with Gasteiger partial charge < -0.3 is 32.3 Å². The minimum atomic E-state index is -0.810. The molecule has 1 spiro atoms. The molecule has 0 bridgehead atoms. The van der Waals surface area contributed by atoms with Crippen LogP contribution in [0, 0.1) is 23.2 Å². The van der Waals surface area contributed by atoms with E-state index in [1.54, 1.807) is 0 Å². The van der Waals surface area contributed by atoms with Gasteiger partial charge in [-0.15, -0.1) is 0 Å². The van der Waals surface area contributed by atoms with Crippen LogP contribution < -0.4 is 22.5 Å². The molecule has 0 unspecified atom stereocenters. The van der Waals surface area contributed by atoms with E-state index in [9.17, 15) is 24.0 Å². The molecular weight excluding hydrogens is 741 g/mol. The molecular formula is C48H66N6O5. The number of amides is 3. The van der Waals surface area contributed by atoms with E-state index >= 15 is 0 Å². The fourth-order valence-electron chi connectivity index (χ4n) is 8.68. The minimum absolute atomic E-state index is 0.00846. The summed E-state index contributed by atoms with van der Waals surface area (Å²) in [6.07, 6.45) is 5.09. The molecule has 11 heteroatoms. The van der Waals surface area contributed by atoms with Crippen LogP contribution in [0.25, 0.3) is 0 Å². The van der Waals surface area contributed by atoms with Gasteiger partial charge in [0.05, 0.1) is 18.1 Å². The van der Waals surface area contributed by atoms with Crippen molar-refractivity contribution >= 4 is 29.3 Å². The van der Waals surface area contributed by atoms with Gasteiger partial charge >= 0.3 is 0 Å². The number of hydrogen-bond donors (Lipinski definition) is 4. The average molecular weight is 807 g/mol. The summed E-state index contributed by atoms with van der Waals surface area (Å²) >= 11 is 0. The van der Waals surface area contributed by atoms with Crippen LogP contribution in [0.3, 0.4) is 0 Å². The van der Waals surface area contributed by atoms with Crippen LogP contribution in [-0.4, -0.2) is 89.9 Å². The van der Waals surface area contributed by atoms with Gasteiger partial charge in [0.15, 0.2) is 11.6 Å². The Morgan fingerprint density at radius 2 is 1.15 bits per heavy atom. The first kappa shape index (κ1) is 45.4. The van der Waals surface area contributed by atoms with E-state index in [-0.39, 0.29) is 53.5 Å². The summed E-state index contributed by atoms with van der Waals surface area (Å²) in [6, 6.07) is 26.7. The second kappa shape index (κ2) is 22.1. The molecule has 5 atom stereocenters. The normalized spacial score (nSPS) is 17.4. The summed E-state index contributed by atoms with van der Waals surface area (Å²) in [5.41, 5.74) is 21.4. The van der Waals surface area contributed by atoms with E-state index in [2.05, 4.69) is 5.32 Å². The fraction of sp³-hybridized carbons (Fsp3) is 0.521. The Morgan fingerprint density at radius 3 is 1.68 bits per heavy atom. The zero-order valence-electron chi connectivity index (χ0n) is 35.1. The molecule has 0 aliphatic carbocycles. The molecule has 318 valence electrons. The predicted molar refractivity (Wildman–Crippen MR) is 232 cm³/mol. The molecule has 2 heterocycles. The number of nitrogens with one attached hydrogen (secondary N) is 1. The monoisotopic (exact) mass is 807 g/mol. The molecule has 59 heavy (non-hydrogen) atoms. The van der Waals surface area contributed by atoms with Crippen molar-refractivity contribution < 1.29 is 24.0 Å². The summed E-state index contributed by atoms with van der Waals surface area (Å²) in [7, 11) is 0. The molecule has 2 aliphatic heterocycles. The van der Waals surface area contributed by atoms with Crippen molar-refractivity contribution in [1.29, 1.82) is 0 Å². The lowest BCUT2D eigenvalue weighted by Crippen LogP contribution is -2.64. The molecule has 3 amide bonds. The highest BCUT2D eigenvalue weighted by atomic mass is 16.2. The highest BCUT2D eigenvalue weighted by molar-refractivity contribution is 5.95. The number of rotatable bonds is 22. The Hall–Kier alpha value is -4.71. The summed E-state index contributed by atoms with van der Waals surface area (Å²) in [5, 5.41) is 3.05. The molecule has 3 aromatic rings. The van der Waals surface area contributed by atoms with Crippen molar-refractivity contribution in [2.45, 2.75) is 103 Å². The van der Waals surface area contributed by atoms with Crippen molar-refractivity contribution in [1.82, 2.24) is 15.1 Å². The number of Topliss-reactive ketones (excluding diaryl/α,β-unsaturated/α-hetero) is 2. The smallest absolute Gasteiger partial charge is 0.239 e. The van der Waals surface area contributed by atoms with E-state index in [4.69, 9.17) is 17.2 Å². The maximum atomic E-state index is 14.2. The van der Waals surface area contributed by atoms with Gasteiger partial charge in [-0.2, -0.15) is 0 Å². The van der Waals surface area contributed by atoms with Gasteiger partial charge in [0.1, 0.15) is 0 Å². The Morgan fingerprint density at radius 1 is 0.644 bits per heavy atom. The lowest BCUT2D eigenvalue weighted by atomic mass is 9.71. The molecule has 5 rings (SSSR count). The third kappa shape index (κ3) is 13.4. The van der Waals surface area contributed by atoms with Crippen molar-refractivity contribution in [2.75, 3.05) is 32.7 Å². The minimum Gasteiger partial charge on any atom is -0.346 e. The topological polar surface area (TPSA) is 182 Å². The maximum absolute atomic E-state index is 14.2. The first-order chi connectivity index (χ1) is 28.4. The summed E-state index contributed by atoms with van der Waals surface area (Å²) in [4.78, 5) is 73.0. The van der Waals surface area contributed by atoms with Crippen molar-refractivity contribution in [3.63, 3.8) is 0 Å². The van der Waals surface area contributed by atoms with Crippen molar-refractivity contribution in [2.24, 2.45) is 40.4 Å². The number of nitrogens with two attached hydrogens (primary N) is 3. The Bertz CT molecular complexity index is 1810. The van der Waals surface area contributed by atoms with E-state index < -0.39 is 30.0 Å². The third-order valence-corrected chi connectivity index (χ3v) is 12.2. The number of nitrogens with zero attached hydrogens (tertiary/aromatic N) is 2. The van der Waals surface area contributed by atoms with Crippen molar-refractivity contribution in [3.8, 4) is 0 Å². The SMILES string of the molecule is CC(C)C[C@@H](NC(=O)[C@H](CC(=O)[C@H](N)Cc1ccccc1)Cc1ccccc1)C(=O)C[C@H](CCCCN)C(=O)N1CCC2(CC1)CN(C(=O)[C@H](N)Cc1ccccc1)C2. The van der Waals surface area contributed by atoms with E-state index in [0.717, 1.165) is 36.0 Å². The first-order valence-corrected chi connectivity index (χ1v) is 21.6. The van der Waals surface area contributed by atoms with Crippen molar-refractivity contribution in [3.05, 3.63) is 108 Å². The number of unbranched alkanes of at least 4 members (excludes halogenated alkanes) is 1. The Balaban J connectivity index is 1.20. The molecule has 2 fully saturated rings. The van der Waals surface area contributed by atoms with Crippen LogP contribution in [-0.2, 0) is 43.2 Å².